The van der Waals surface area contributed by atoms with Gasteiger partial charge in [-0.2, -0.15) is 0 Å². The van der Waals surface area contributed by atoms with E-state index in [0.29, 0.717) is 24.6 Å². The molecule has 2 amide bonds. The maximum atomic E-state index is 12.0. The summed E-state index contributed by atoms with van der Waals surface area (Å²) in [4.78, 5) is 24.9. The molecule has 1 aromatic carbocycles. The van der Waals surface area contributed by atoms with E-state index in [2.05, 4.69) is 5.32 Å². The van der Waals surface area contributed by atoms with Crippen molar-refractivity contribution in [2.24, 2.45) is 0 Å². The zero-order valence-corrected chi connectivity index (χ0v) is 12.3. The molecule has 0 saturated carbocycles. The van der Waals surface area contributed by atoms with Crippen LogP contribution in [0.1, 0.15) is 5.56 Å². The van der Waals surface area contributed by atoms with E-state index in [9.17, 15) is 9.59 Å². The van der Waals surface area contributed by atoms with E-state index < -0.39 is 0 Å². The number of morpholine rings is 1. The van der Waals surface area contributed by atoms with E-state index in [1.54, 1.807) is 18.0 Å². The minimum Gasteiger partial charge on any atom is -0.454 e. The first-order chi connectivity index (χ1) is 10.6. The SMILES string of the molecule is CN1C[C@H](CNC(=O)Cc2ccc3c(c2)OCO3)OCC1=O. The normalized spacial score (nSPS) is 20.1. The van der Waals surface area contributed by atoms with Crippen molar-refractivity contribution in [3.63, 3.8) is 0 Å². The average Bonchev–Trinajstić information content (AvgIpc) is 2.96. The Bertz CT molecular complexity index is 589. The van der Waals surface area contributed by atoms with Crippen molar-refractivity contribution in [1.29, 1.82) is 0 Å². The number of hydrogen-bond donors (Lipinski definition) is 1. The third-order valence-corrected chi connectivity index (χ3v) is 3.67. The summed E-state index contributed by atoms with van der Waals surface area (Å²) in [5, 5.41) is 2.83. The van der Waals surface area contributed by atoms with Gasteiger partial charge >= 0.3 is 0 Å². The Morgan fingerprint density at radius 2 is 2.18 bits per heavy atom. The lowest BCUT2D eigenvalue weighted by Crippen LogP contribution is -2.48. The number of carbonyl (C=O) groups excluding carboxylic acids is 2. The lowest BCUT2D eigenvalue weighted by atomic mass is 10.1. The molecule has 0 bridgehead atoms. The van der Waals surface area contributed by atoms with Gasteiger partial charge in [-0.3, -0.25) is 9.59 Å². The fourth-order valence-corrected chi connectivity index (χ4v) is 2.41. The molecule has 7 heteroatoms. The Labute approximate surface area is 128 Å². The van der Waals surface area contributed by atoms with Crippen LogP contribution in [0.15, 0.2) is 18.2 Å². The zero-order valence-electron chi connectivity index (χ0n) is 12.3. The second-order valence-corrected chi connectivity index (χ2v) is 5.38. The molecule has 1 saturated heterocycles. The van der Waals surface area contributed by atoms with Crippen molar-refractivity contribution >= 4 is 11.8 Å². The Balaban J connectivity index is 1.47. The van der Waals surface area contributed by atoms with Crippen LogP contribution >= 0.6 is 0 Å². The number of carbonyl (C=O) groups is 2. The molecule has 1 atom stereocenters. The first-order valence-corrected chi connectivity index (χ1v) is 7.12. The van der Waals surface area contributed by atoms with Gasteiger partial charge in [0.05, 0.1) is 12.5 Å². The van der Waals surface area contributed by atoms with Gasteiger partial charge in [-0.25, -0.2) is 0 Å². The van der Waals surface area contributed by atoms with Gasteiger partial charge in [-0.15, -0.1) is 0 Å². The van der Waals surface area contributed by atoms with Gasteiger partial charge in [0.1, 0.15) is 6.61 Å². The minimum atomic E-state index is -0.164. The van der Waals surface area contributed by atoms with Gasteiger partial charge in [0.15, 0.2) is 11.5 Å². The molecule has 0 unspecified atom stereocenters. The number of amides is 2. The summed E-state index contributed by atoms with van der Waals surface area (Å²) < 4.78 is 15.9. The lowest BCUT2D eigenvalue weighted by molar-refractivity contribution is -0.146. The highest BCUT2D eigenvalue weighted by Gasteiger charge is 2.23. The summed E-state index contributed by atoms with van der Waals surface area (Å²) >= 11 is 0. The van der Waals surface area contributed by atoms with E-state index in [1.165, 1.54) is 0 Å². The standard InChI is InChI=1S/C15H18N2O5/c1-17-7-11(20-8-15(17)19)6-16-14(18)5-10-2-3-12-13(4-10)22-9-21-12/h2-4,11H,5-9H2,1H3,(H,16,18)/t11-/m0/s1. The Morgan fingerprint density at radius 3 is 3.00 bits per heavy atom. The summed E-state index contributed by atoms with van der Waals surface area (Å²) in [6.07, 6.45) is 0.0985. The molecule has 1 aromatic rings. The number of ether oxygens (including phenoxy) is 3. The molecule has 0 radical (unpaired) electrons. The van der Waals surface area contributed by atoms with E-state index in [-0.39, 0.29) is 37.7 Å². The Hall–Kier alpha value is -2.28. The second kappa shape index (κ2) is 6.23. The maximum Gasteiger partial charge on any atom is 0.248 e. The first kappa shape index (κ1) is 14.6. The van der Waals surface area contributed by atoms with Gasteiger partial charge in [0, 0.05) is 20.1 Å². The Kier molecular flexibility index (Phi) is 4.15. The van der Waals surface area contributed by atoms with Crippen LogP contribution in [0.5, 0.6) is 11.5 Å². The second-order valence-electron chi connectivity index (χ2n) is 5.38. The molecule has 0 aromatic heterocycles. The van der Waals surface area contributed by atoms with Crippen LogP contribution < -0.4 is 14.8 Å². The highest BCUT2D eigenvalue weighted by molar-refractivity contribution is 5.79. The molecule has 22 heavy (non-hydrogen) atoms. The third kappa shape index (κ3) is 3.30. The summed E-state index contributed by atoms with van der Waals surface area (Å²) in [5.41, 5.74) is 0.860. The van der Waals surface area contributed by atoms with Crippen LogP contribution in [0.3, 0.4) is 0 Å². The van der Waals surface area contributed by atoms with Gasteiger partial charge in [0.2, 0.25) is 18.6 Å². The number of nitrogens with zero attached hydrogens (tertiary/aromatic N) is 1. The van der Waals surface area contributed by atoms with Crippen LogP contribution in [0.25, 0.3) is 0 Å². The molecular weight excluding hydrogens is 288 g/mol. The highest BCUT2D eigenvalue weighted by atomic mass is 16.7. The van der Waals surface area contributed by atoms with E-state index in [4.69, 9.17) is 14.2 Å². The number of likely N-dealkylation sites (N-methyl/N-ethyl adjacent to an activating group) is 1. The largest absolute Gasteiger partial charge is 0.454 e. The van der Waals surface area contributed by atoms with Crippen LogP contribution in [-0.4, -0.2) is 56.4 Å². The van der Waals surface area contributed by atoms with Gasteiger partial charge in [0.25, 0.3) is 0 Å². The molecule has 2 aliphatic heterocycles. The summed E-state index contributed by atoms with van der Waals surface area (Å²) in [6.45, 7) is 1.17. The van der Waals surface area contributed by atoms with Crippen molar-refractivity contribution in [2.45, 2.75) is 12.5 Å². The average molecular weight is 306 g/mol. The minimum absolute atomic E-state index is 0.0389. The zero-order chi connectivity index (χ0) is 15.5. The van der Waals surface area contributed by atoms with Crippen LogP contribution in [0, 0.1) is 0 Å². The van der Waals surface area contributed by atoms with Crippen molar-refractivity contribution in [2.75, 3.05) is 33.5 Å². The van der Waals surface area contributed by atoms with E-state index in [1.807, 2.05) is 12.1 Å². The predicted molar refractivity (Wildman–Crippen MR) is 76.7 cm³/mol. The van der Waals surface area contributed by atoms with Crippen molar-refractivity contribution in [1.82, 2.24) is 10.2 Å². The summed E-state index contributed by atoms with van der Waals surface area (Å²) in [6, 6.07) is 5.46. The van der Waals surface area contributed by atoms with Gasteiger partial charge < -0.3 is 24.4 Å². The summed E-state index contributed by atoms with van der Waals surface area (Å²) in [5.74, 6) is 1.23. The molecule has 1 N–H and O–H groups in total. The van der Waals surface area contributed by atoms with Crippen molar-refractivity contribution in [3.8, 4) is 11.5 Å². The van der Waals surface area contributed by atoms with Crippen molar-refractivity contribution < 1.29 is 23.8 Å². The molecule has 118 valence electrons. The van der Waals surface area contributed by atoms with Crippen LogP contribution in [-0.2, 0) is 20.7 Å². The molecule has 3 rings (SSSR count). The van der Waals surface area contributed by atoms with Gasteiger partial charge in [-0.05, 0) is 17.7 Å². The molecule has 0 spiro atoms. The van der Waals surface area contributed by atoms with Crippen molar-refractivity contribution in [3.05, 3.63) is 23.8 Å². The predicted octanol–water partition coefficient (Wildman–Crippen LogP) is -0.0688. The lowest BCUT2D eigenvalue weighted by Gasteiger charge is -2.29. The number of rotatable bonds is 4. The number of benzene rings is 1. The molecular formula is C15H18N2O5. The van der Waals surface area contributed by atoms with Crippen LogP contribution in [0.2, 0.25) is 0 Å². The van der Waals surface area contributed by atoms with E-state index in [0.717, 1.165) is 5.56 Å². The fraction of sp³-hybridized carbons (Fsp3) is 0.467. The smallest absolute Gasteiger partial charge is 0.248 e. The molecule has 0 aliphatic carbocycles. The number of nitrogens with one attached hydrogen (secondary N) is 1. The first-order valence-electron chi connectivity index (χ1n) is 7.12. The van der Waals surface area contributed by atoms with Crippen LogP contribution in [0.4, 0.5) is 0 Å². The molecule has 2 aliphatic rings. The number of hydrogen-bond acceptors (Lipinski definition) is 5. The summed E-state index contributed by atoms with van der Waals surface area (Å²) in [7, 11) is 1.73. The number of fused-ring (bicyclic) bond motifs is 1. The quantitative estimate of drug-likeness (QED) is 0.843. The highest BCUT2D eigenvalue weighted by Crippen LogP contribution is 2.32. The monoisotopic (exact) mass is 306 g/mol. The van der Waals surface area contributed by atoms with E-state index >= 15 is 0 Å². The fourth-order valence-electron chi connectivity index (χ4n) is 2.41. The Morgan fingerprint density at radius 1 is 1.36 bits per heavy atom. The van der Waals surface area contributed by atoms with Gasteiger partial charge in [-0.1, -0.05) is 6.07 Å². The third-order valence-electron chi connectivity index (χ3n) is 3.67. The molecule has 7 nitrogen and oxygen atoms in total. The molecule has 1 fully saturated rings. The molecule has 2 heterocycles. The maximum absolute atomic E-state index is 12.0. The topological polar surface area (TPSA) is 77.1 Å².